The van der Waals surface area contributed by atoms with Crippen LogP contribution in [0.25, 0.3) is 0 Å². The summed E-state index contributed by atoms with van der Waals surface area (Å²) < 4.78 is 25.4. The van der Waals surface area contributed by atoms with Gasteiger partial charge >= 0.3 is 0 Å². The van der Waals surface area contributed by atoms with Crippen molar-refractivity contribution in [3.05, 3.63) is 53.6 Å². The number of nitrogens with zero attached hydrogens (tertiary/aromatic N) is 1. The molecule has 2 heterocycles. The minimum atomic E-state index is -0.638. The lowest BCUT2D eigenvalue weighted by Gasteiger charge is -2.17. The molecule has 7 heteroatoms. The number of ether oxygens (including phenoxy) is 2. The van der Waals surface area contributed by atoms with Crippen LogP contribution in [-0.2, 0) is 15.9 Å². The molecule has 1 saturated heterocycles. The Hall–Kier alpha value is -2.51. The Morgan fingerprint density at radius 2 is 2.15 bits per heavy atom. The number of hydrogen-bond donors (Lipinski definition) is 2. The summed E-state index contributed by atoms with van der Waals surface area (Å²) >= 11 is 0. The second-order valence-electron chi connectivity index (χ2n) is 6.87. The minimum absolute atomic E-state index is 0.207. The fourth-order valence-electron chi connectivity index (χ4n) is 2.88. The van der Waals surface area contributed by atoms with Crippen molar-refractivity contribution in [1.29, 1.82) is 0 Å². The Morgan fingerprint density at radius 1 is 1.33 bits per heavy atom. The van der Waals surface area contributed by atoms with Crippen molar-refractivity contribution in [3.63, 3.8) is 0 Å². The second kappa shape index (κ2) is 8.02. The van der Waals surface area contributed by atoms with Gasteiger partial charge in [-0.15, -0.1) is 0 Å². The van der Waals surface area contributed by atoms with Gasteiger partial charge in [-0.25, -0.2) is 4.39 Å². The van der Waals surface area contributed by atoms with Crippen molar-refractivity contribution in [3.8, 4) is 0 Å². The molecule has 1 aromatic carbocycles. The van der Waals surface area contributed by atoms with Gasteiger partial charge in [0.05, 0.1) is 29.7 Å². The van der Waals surface area contributed by atoms with Crippen LogP contribution in [0, 0.1) is 5.82 Å². The van der Waals surface area contributed by atoms with Crippen LogP contribution in [0.15, 0.2) is 36.7 Å². The smallest absolute Gasteiger partial charge is 0.253 e. The van der Waals surface area contributed by atoms with Crippen LogP contribution >= 0.6 is 0 Å². The third-order valence-electron chi connectivity index (χ3n) is 4.33. The van der Waals surface area contributed by atoms with E-state index in [4.69, 9.17) is 9.47 Å². The number of benzene rings is 1. The van der Waals surface area contributed by atoms with E-state index in [1.807, 2.05) is 26.8 Å². The molecule has 2 aromatic rings. The molecule has 3 rings (SSSR count). The molecule has 1 amide bonds. The van der Waals surface area contributed by atoms with Crippen LogP contribution in [0.2, 0.25) is 0 Å². The Morgan fingerprint density at radius 3 is 2.81 bits per heavy atom. The Balaban J connectivity index is 1.69. The van der Waals surface area contributed by atoms with Gasteiger partial charge < -0.3 is 20.1 Å². The molecule has 0 radical (unpaired) electrons. The molecule has 1 aromatic heterocycles. The van der Waals surface area contributed by atoms with Gasteiger partial charge in [0.2, 0.25) is 0 Å². The number of anilines is 2. The highest BCUT2D eigenvalue weighted by atomic mass is 19.1. The Bertz CT molecular complexity index is 826. The SMILES string of the molecule is CCc1ccc(Nc2cnccc2C(=O)NCC2COC(C)(C)O2)c(F)c1. The van der Waals surface area contributed by atoms with Gasteiger partial charge in [-0.2, -0.15) is 0 Å². The molecule has 0 spiro atoms. The molecule has 0 bridgehead atoms. The molecule has 6 nitrogen and oxygen atoms in total. The first kappa shape index (κ1) is 19.3. The fraction of sp³-hybridized carbons (Fsp3) is 0.400. The maximum Gasteiger partial charge on any atom is 0.253 e. The standard InChI is InChI=1S/C20H24FN3O3/c1-4-13-5-6-17(16(21)9-13)24-18-11-22-8-7-15(18)19(25)23-10-14-12-26-20(2,3)27-14/h5-9,11,14,24H,4,10,12H2,1-3H3,(H,23,25). The zero-order valence-corrected chi connectivity index (χ0v) is 15.7. The van der Waals surface area contributed by atoms with E-state index < -0.39 is 5.79 Å². The van der Waals surface area contributed by atoms with Crippen LogP contribution in [0.1, 0.15) is 36.7 Å². The van der Waals surface area contributed by atoms with E-state index in [9.17, 15) is 9.18 Å². The normalized spacial score (nSPS) is 18.3. The van der Waals surface area contributed by atoms with E-state index in [1.54, 1.807) is 12.1 Å². The minimum Gasteiger partial charge on any atom is -0.351 e. The number of aryl methyl sites for hydroxylation is 1. The van der Waals surface area contributed by atoms with Crippen molar-refractivity contribution in [2.24, 2.45) is 0 Å². The first-order valence-electron chi connectivity index (χ1n) is 8.97. The topological polar surface area (TPSA) is 72.5 Å². The van der Waals surface area contributed by atoms with E-state index in [-0.39, 0.29) is 17.8 Å². The Labute approximate surface area is 158 Å². The monoisotopic (exact) mass is 373 g/mol. The average molecular weight is 373 g/mol. The van der Waals surface area contributed by atoms with Gasteiger partial charge in [0.15, 0.2) is 5.79 Å². The maximum absolute atomic E-state index is 14.3. The predicted octanol–water partition coefficient (Wildman–Crippen LogP) is 3.41. The molecule has 1 aliphatic heterocycles. The Kier molecular flexibility index (Phi) is 5.72. The molecule has 2 N–H and O–H groups in total. The largest absolute Gasteiger partial charge is 0.351 e. The molecule has 1 unspecified atom stereocenters. The van der Waals surface area contributed by atoms with Crippen molar-refractivity contribution in [2.45, 2.75) is 39.1 Å². The van der Waals surface area contributed by atoms with Gasteiger partial charge in [0.1, 0.15) is 11.9 Å². The summed E-state index contributed by atoms with van der Waals surface area (Å²) in [7, 11) is 0. The highest BCUT2D eigenvalue weighted by Crippen LogP contribution is 2.24. The second-order valence-corrected chi connectivity index (χ2v) is 6.87. The first-order chi connectivity index (χ1) is 12.9. The number of halogens is 1. The van der Waals surface area contributed by atoms with E-state index in [1.165, 1.54) is 18.5 Å². The van der Waals surface area contributed by atoms with Crippen molar-refractivity contribution < 1.29 is 18.7 Å². The molecular weight excluding hydrogens is 349 g/mol. The summed E-state index contributed by atoms with van der Waals surface area (Å²) in [5, 5.41) is 5.79. The third-order valence-corrected chi connectivity index (χ3v) is 4.33. The van der Waals surface area contributed by atoms with E-state index in [2.05, 4.69) is 15.6 Å². The van der Waals surface area contributed by atoms with E-state index in [0.717, 1.165) is 12.0 Å². The van der Waals surface area contributed by atoms with Crippen LogP contribution in [-0.4, -0.2) is 35.9 Å². The summed E-state index contributed by atoms with van der Waals surface area (Å²) in [4.78, 5) is 16.6. The summed E-state index contributed by atoms with van der Waals surface area (Å²) in [6.45, 7) is 6.37. The number of pyridine rings is 1. The highest BCUT2D eigenvalue weighted by molar-refractivity contribution is 6.00. The zero-order valence-electron chi connectivity index (χ0n) is 15.7. The lowest BCUT2D eigenvalue weighted by molar-refractivity contribution is -0.137. The number of carbonyl (C=O) groups is 1. The third kappa shape index (κ3) is 4.81. The molecule has 1 aliphatic rings. The first-order valence-corrected chi connectivity index (χ1v) is 8.97. The molecule has 144 valence electrons. The number of amides is 1. The molecular formula is C20H24FN3O3. The molecule has 0 saturated carbocycles. The average Bonchev–Trinajstić information content (AvgIpc) is 3.00. The van der Waals surface area contributed by atoms with E-state index in [0.29, 0.717) is 30.1 Å². The van der Waals surface area contributed by atoms with E-state index >= 15 is 0 Å². The number of carbonyl (C=O) groups excluding carboxylic acids is 1. The summed E-state index contributed by atoms with van der Waals surface area (Å²) in [6, 6.07) is 6.58. The number of hydrogen-bond acceptors (Lipinski definition) is 5. The summed E-state index contributed by atoms with van der Waals surface area (Å²) in [6.07, 6.45) is 3.57. The van der Waals surface area contributed by atoms with Crippen molar-refractivity contribution >= 4 is 17.3 Å². The van der Waals surface area contributed by atoms with Crippen LogP contribution in [0.3, 0.4) is 0 Å². The lowest BCUT2D eigenvalue weighted by Crippen LogP contribution is -2.34. The number of nitrogens with one attached hydrogen (secondary N) is 2. The van der Waals surface area contributed by atoms with Gasteiger partial charge in [0.25, 0.3) is 5.91 Å². The van der Waals surface area contributed by atoms with Crippen molar-refractivity contribution in [2.75, 3.05) is 18.5 Å². The van der Waals surface area contributed by atoms with Crippen molar-refractivity contribution in [1.82, 2.24) is 10.3 Å². The summed E-state index contributed by atoms with van der Waals surface area (Å²) in [5.74, 6) is -1.30. The number of rotatable bonds is 6. The maximum atomic E-state index is 14.3. The van der Waals surface area contributed by atoms with Crippen LogP contribution in [0.4, 0.5) is 15.8 Å². The molecule has 27 heavy (non-hydrogen) atoms. The van der Waals surface area contributed by atoms with Gasteiger partial charge in [0, 0.05) is 12.7 Å². The molecule has 1 fully saturated rings. The summed E-state index contributed by atoms with van der Waals surface area (Å²) in [5.41, 5.74) is 2.01. The predicted molar refractivity (Wildman–Crippen MR) is 101 cm³/mol. The molecule has 1 atom stereocenters. The van der Waals surface area contributed by atoms with Gasteiger partial charge in [-0.3, -0.25) is 9.78 Å². The van der Waals surface area contributed by atoms with Gasteiger partial charge in [-0.1, -0.05) is 13.0 Å². The zero-order chi connectivity index (χ0) is 19.4. The van der Waals surface area contributed by atoms with Crippen LogP contribution in [0.5, 0.6) is 0 Å². The molecule has 0 aliphatic carbocycles. The van der Waals surface area contributed by atoms with Crippen LogP contribution < -0.4 is 10.6 Å². The fourth-order valence-corrected chi connectivity index (χ4v) is 2.88. The lowest BCUT2D eigenvalue weighted by atomic mass is 10.1. The quantitative estimate of drug-likeness (QED) is 0.812. The highest BCUT2D eigenvalue weighted by Gasteiger charge is 2.32. The van der Waals surface area contributed by atoms with Gasteiger partial charge in [-0.05, 0) is 44.0 Å². The number of aromatic nitrogens is 1.